The van der Waals surface area contributed by atoms with E-state index in [0.717, 1.165) is 56.9 Å². The van der Waals surface area contributed by atoms with E-state index in [9.17, 15) is 19.2 Å². The number of carbonyl (C=O) groups excluding carboxylic acids is 3. The summed E-state index contributed by atoms with van der Waals surface area (Å²) >= 11 is 24.6. The van der Waals surface area contributed by atoms with Crippen molar-refractivity contribution in [1.82, 2.24) is 0 Å². The predicted molar refractivity (Wildman–Crippen MR) is 214 cm³/mol. The number of hydrogen-bond acceptors (Lipinski definition) is 9. The van der Waals surface area contributed by atoms with E-state index in [0.29, 0.717) is 43.9 Å². The lowest BCUT2D eigenvalue weighted by atomic mass is 10.0. The highest BCUT2D eigenvalue weighted by atomic mass is 35.5. The van der Waals surface area contributed by atoms with Crippen LogP contribution >= 0.6 is 46.4 Å². The molecule has 0 amide bonds. The minimum atomic E-state index is -1.05. The Morgan fingerprint density at radius 3 is 1.33 bits per heavy atom. The molecule has 2 aliphatic rings. The Hall–Kier alpha value is -4.48. The van der Waals surface area contributed by atoms with Crippen molar-refractivity contribution in [3.05, 3.63) is 121 Å². The number of Topliss-reactive ketones (excluding diaryl/α,β-unsaturated/α-hetero) is 1. The number of ether oxygens (including phenoxy) is 4. The molecule has 10 nitrogen and oxygen atoms in total. The molecule has 0 bridgehead atoms. The minimum absolute atomic E-state index is 0.0683. The quantitative estimate of drug-likeness (QED) is 0.0897. The van der Waals surface area contributed by atoms with Crippen LogP contribution in [-0.4, -0.2) is 55.2 Å². The number of carboxylic acids is 1. The number of nitrogens with two attached hydrogens (primary N) is 1. The number of carbonyl (C=O) groups is 4. The largest absolute Gasteiger partial charge is 0.487 e. The molecular weight excluding hydrogens is 792 g/mol. The smallest absolute Gasteiger partial charge is 0.337 e. The number of nitrogen functional groups attached to an aromatic ring is 1. The van der Waals surface area contributed by atoms with Crippen LogP contribution in [0.2, 0.25) is 20.1 Å². The molecule has 4 aromatic carbocycles. The third kappa shape index (κ3) is 12.8. The van der Waals surface area contributed by atoms with Gasteiger partial charge in [0.05, 0.1) is 63.2 Å². The van der Waals surface area contributed by atoms with Crippen molar-refractivity contribution in [3.63, 3.8) is 0 Å². The van der Waals surface area contributed by atoms with Crippen LogP contribution in [0, 0.1) is 0 Å². The molecule has 2 aliphatic carbocycles. The number of anilines is 1. The van der Waals surface area contributed by atoms with Gasteiger partial charge in [0.15, 0.2) is 17.3 Å². The summed E-state index contributed by atoms with van der Waals surface area (Å²) in [6.07, 6.45) is 9.01. The SMILES string of the molecule is COC(=O)c1ccc(CC(=O)c2cc(Cl)c(OC3CCCC3)c(Cl)c2)cc1.COC(=O)c1ccc(N)cc1.O=C(O)c1cc(Cl)c(OC2CCCC2)c(Cl)c1. The summed E-state index contributed by atoms with van der Waals surface area (Å²) in [5.41, 5.74) is 8.29. The van der Waals surface area contributed by atoms with Gasteiger partial charge in [-0.2, -0.15) is 0 Å². The zero-order valence-corrected chi connectivity index (χ0v) is 33.3. The molecular formula is C41H41Cl4NO9. The normalized spacial score (nSPS) is 13.8. The zero-order valence-electron chi connectivity index (χ0n) is 30.2. The first-order valence-electron chi connectivity index (χ1n) is 17.5. The van der Waals surface area contributed by atoms with Crippen LogP contribution in [-0.2, 0) is 15.9 Å². The highest BCUT2D eigenvalue weighted by Crippen LogP contribution is 2.38. The van der Waals surface area contributed by atoms with Crippen LogP contribution in [0.15, 0.2) is 72.8 Å². The molecule has 0 aliphatic heterocycles. The Balaban J connectivity index is 0.000000204. The van der Waals surface area contributed by atoms with E-state index in [1.54, 1.807) is 60.7 Å². The molecule has 292 valence electrons. The van der Waals surface area contributed by atoms with Gasteiger partial charge in [0.1, 0.15) is 0 Å². The van der Waals surface area contributed by atoms with Gasteiger partial charge in [-0.05, 0) is 118 Å². The zero-order chi connectivity index (χ0) is 40.1. The summed E-state index contributed by atoms with van der Waals surface area (Å²) < 4.78 is 20.8. The molecule has 3 N–H and O–H groups in total. The fourth-order valence-electron chi connectivity index (χ4n) is 5.88. The second-order valence-corrected chi connectivity index (χ2v) is 14.4. The molecule has 0 heterocycles. The maximum atomic E-state index is 12.6. The fourth-order valence-corrected chi connectivity index (χ4v) is 7.03. The first-order chi connectivity index (χ1) is 26.3. The van der Waals surface area contributed by atoms with Crippen LogP contribution in [0.1, 0.15) is 98.4 Å². The minimum Gasteiger partial charge on any atom is -0.487 e. The second-order valence-electron chi connectivity index (χ2n) is 12.8. The molecule has 0 saturated heterocycles. The predicted octanol–water partition coefficient (Wildman–Crippen LogP) is 10.6. The van der Waals surface area contributed by atoms with E-state index < -0.39 is 11.9 Å². The molecule has 0 spiro atoms. The van der Waals surface area contributed by atoms with E-state index >= 15 is 0 Å². The van der Waals surface area contributed by atoms with Crippen LogP contribution < -0.4 is 15.2 Å². The van der Waals surface area contributed by atoms with Crippen LogP contribution in [0.25, 0.3) is 0 Å². The van der Waals surface area contributed by atoms with Gasteiger partial charge in [0.25, 0.3) is 0 Å². The average Bonchev–Trinajstić information content (AvgIpc) is 3.90. The van der Waals surface area contributed by atoms with Gasteiger partial charge in [0.2, 0.25) is 0 Å². The van der Waals surface area contributed by atoms with Crippen LogP contribution in [0.5, 0.6) is 11.5 Å². The second kappa shape index (κ2) is 21.0. The van der Waals surface area contributed by atoms with Crippen molar-refractivity contribution in [2.75, 3.05) is 20.0 Å². The Kier molecular flexibility index (Phi) is 16.5. The monoisotopic (exact) mass is 831 g/mol. The summed E-state index contributed by atoms with van der Waals surface area (Å²) in [6.45, 7) is 0. The average molecular weight is 834 g/mol. The van der Waals surface area contributed by atoms with E-state index in [1.807, 2.05) is 0 Å². The van der Waals surface area contributed by atoms with Gasteiger partial charge < -0.3 is 29.8 Å². The van der Waals surface area contributed by atoms with Crippen LogP contribution in [0.4, 0.5) is 5.69 Å². The van der Waals surface area contributed by atoms with Gasteiger partial charge in [-0.3, -0.25) is 4.79 Å². The molecule has 0 unspecified atom stereocenters. The van der Waals surface area contributed by atoms with Gasteiger partial charge in [-0.1, -0.05) is 58.5 Å². The summed E-state index contributed by atoms with van der Waals surface area (Å²) in [6, 6.07) is 19.2. The number of benzene rings is 4. The first-order valence-corrected chi connectivity index (χ1v) is 19.0. The maximum absolute atomic E-state index is 12.6. The maximum Gasteiger partial charge on any atom is 0.337 e. The lowest BCUT2D eigenvalue weighted by molar-refractivity contribution is 0.0592. The molecule has 6 rings (SSSR count). The third-order valence-corrected chi connectivity index (χ3v) is 9.93. The number of rotatable bonds is 10. The topological polar surface area (TPSA) is 151 Å². The molecule has 0 aromatic heterocycles. The van der Waals surface area contributed by atoms with Crippen molar-refractivity contribution in [1.29, 1.82) is 0 Å². The van der Waals surface area contributed by atoms with E-state index in [4.69, 9.17) is 66.7 Å². The lowest BCUT2D eigenvalue weighted by Crippen LogP contribution is -2.12. The lowest BCUT2D eigenvalue weighted by Gasteiger charge is -2.16. The standard InChI is InChI=1S/C21H20Cl2O4.C12H12Cl2O3.C8H9NO2/c1-26-21(25)14-8-6-13(7-9-14)10-19(24)15-11-17(22)20(18(23)12-15)27-16-4-2-3-5-16;13-9-5-7(12(15)16)6-10(14)11(9)17-8-3-1-2-4-8;1-11-8(10)6-2-4-7(9)5-3-6/h6-9,11-12,16H,2-5,10H2,1H3;5-6,8H,1-4H2,(H,15,16);2-5H,9H2,1H3. The number of halogens is 4. The molecule has 2 fully saturated rings. The number of methoxy groups -OCH3 is 2. The Bertz CT molecular complexity index is 1910. The molecule has 55 heavy (non-hydrogen) atoms. The van der Waals surface area contributed by atoms with Crippen molar-refractivity contribution in [2.24, 2.45) is 0 Å². The highest BCUT2D eigenvalue weighted by molar-refractivity contribution is 6.38. The number of esters is 2. The third-order valence-electron chi connectivity index (χ3n) is 8.81. The Morgan fingerprint density at radius 1 is 0.600 bits per heavy atom. The summed E-state index contributed by atoms with van der Waals surface area (Å²) in [5.74, 6) is -1.08. The molecule has 14 heteroatoms. The number of hydrogen-bond donors (Lipinski definition) is 2. The van der Waals surface area contributed by atoms with Gasteiger partial charge >= 0.3 is 17.9 Å². The number of carboxylic acid groups (broad SMARTS) is 1. The van der Waals surface area contributed by atoms with Crippen molar-refractivity contribution in [3.8, 4) is 11.5 Å². The van der Waals surface area contributed by atoms with Gasteiger partial charge in [-0.25, -0.2) is 14.4 Å². The van der Waals surface area contributed by atoms with E-state index in [2.05, 4.69) is 9.47 Å². The number of ketones is 1. The van der Waals surface area contributed by atoms with Crippen molar-refractivity contribution < 1.29 is 43.2 Å². The molecule has 2 saturated carbocycles. The van der Waals surface area contributed by atoms with Gasteiger partial charge in [-0.15, -0.1) is 0 Å². The summed E-state index contributed by atoms with van der Waals surface area (Å²) in [4.78, 5) is 45.7. The first kappa shape index (κ1) is 43.3. The molecule has 0 atom stereocenters. The van der Waals surface area contributed by atoms with Crippen LogP contribution in [0.3, 0.4) is 0 Å². The van der Waals surface area contributed by atoms with Gasteiger partial charge in [0, 0.05) is 17.7 Å². The molecule has 4 aromatic rings. The summed E-state index contributed by atoms with van der Waals surface area (Å²) in [7, 11) is 2.67. The highest BCUT2D eigenvalue weighted by Gasteiger charge is 2.22. The number of aromatic carboxylic acids is 1. The van der Waals surface area contributed by atoms with E-state index in [1.165, 1.54) is 26.4 Å². The summed E-state index contributed by atoms with van der Waals surface area (Å²) in [5, 5.41) is 10.0. The molecule has 0 radical (unpaired) electrons. The Morgan fingerprint density at radius 2 is 0.964 bits per heavy atom. The van der Waals surface area contributed by atoms with Crippen molar-refractivity contribution >= 4 is 75.8 Å². The van der Waals surface area contributed by atoms with Crippen molar-refractivity contribution in [2.45, 2.75) is 70.0 Å². The van der Waals surface area contributed by atoms with E-state index in [-0.39, 0.29) is 46.0 Å². The fraction of sp³-hybridized carbons (Fsp3) is 0.317. The Labute approximate surface area is 339 Å².